The number of aromatic nitrogens is 3. The lowest BCUT2D eigenvalue weighted by molar-refractivity contribution is -0.137. The molecule has 31 heavy (non-hydrogen) atoms. The molecule has 4 rings (SSSR count). The van der Waals surface area contributed by atoms with E-state index >= 15 is 0 Å². The highest BCUT2D eigenvalue weighted by Crippen LogP contribution is 2.30. The molecule has 0 saturated carbocycles. The Kier molecular flexibility index (Phi) is 5.55. The molecule has 2 aromatic carbocycles. The summed E-state index contributed by atoms with van der Waals surface area (Å²) in [6, 6.07) is 12.0. The molecule has 0 saturated heterocycles. The number of alkyl halides is 3. The van der Waals surface area contributed by atoms with Gasteiger partial charge in [-0.1, -0.05) is 36.4 Å². The van der Waals surface area contributed by atoms with Crippen molar-refractivity contribution in [2.45, 2.75) is 19.1 Å². The lowest BCUT2D eigenvalue weighted by Gasteiger charge is -2.08. The second-order valence-electron chi connectivity index (χ2n) is 6.75. The molecule has 0 bridgehead atoms. The van der Waals surface area contributed by atoms with Gasteiger partial charge in [0.2, 0.25) is 5.91 Å². The molecule has 2 heterocycles. The molecule has 10 heteroatoms. The average Bonchev–Trinajstić information content (AvgIpc) is 3.16. The van der Waals surface area contributed by atoms with Crippen LogP contribution in [0.25, 0.3) is 10.8 Å². The van der Waals surface area contributed by atoms with Crippen LogP contribution in [0.5, 0.6) is 0 Å². The van der Waals surface area contributed by atoms with Gasteiger partial charge >= 0.3 is 6.18 Å². The first-order chi connectivity index (χ1) is 14.8. The Morgan fingerprint density at radius 1 is 1.10 bits per heavy atom. The van der Waals surface area contributed by atoms with Crippen LogP contribution in [0.4, 0.5) is 18.3 Å². The summed E-state index contributed by atoms with van der Waals surface area (Å²) in [6.45, 7) is -0.286. The maximum Gasteiger partial charge on any atom is 0.416 e. The number of amides is 1. The number of nitrogens with zero attached hydrogens (tertiary/aromatic N) is 3. The zero-order valence-corrected chi connectivity index (χ0v) is 16.7. The zero-order chi connectivity index (χ0) is 22.0. The van der Waals surface area contributed by atoms with Gasteiger partial charge in [-0.25, -0.2) is 9.67 Å². The largest absolute Gasteiger partial charge is 0.416 e. The highest BCUT2D eigenvalue weighted by Gasteiger charge is 2.30. The van der Waals surface area contributed by atoms with Gasteiger partial charge in [-0.2, -0.15) is 18.3 Å². The van der Waals surface area contributed by atoms with Gasteiger partial charge in [0.15, 0.2) is 5.13 Å². The van der Waals surface area contributed by atoms with Crippen molar-refractivity contribution in [1.82, 2.24) is 14.8 Å². The number of carbonyl (C=O) groups excluding carboxylic acids is 1. The summed E-state index contributed by atoms with van der Waals surface area (Å²) in [5, 5.41) is 8.04. The lowest BCUT2D eigenvalue weighted by Crippen LogP contribution is -2.29. The summed E-state index contributed by atoms with van der Waals surface area (Å²) in [5.41, 5.74) is -0.600. The third-order valence-corrected chi connectivity index (χ3v) is 5.40. The highest BCUT2D eigenvalue weighted by atomic mass is 32.1. The number of rotatable bonds is 5. The van der Waals surface area contributed by atoms with Gasteiger partial charge in [0.1, 0.15) is 6.54 Å². The van der Waals surface area contributed by atoms with E-state index in [-0.39, 0.29) is 18.5 Å². The van der Waals surface area contributed by atoms with Crippen molar-refractivity contribution in [2.75, 3.05) is 5.32 Å². The molecule has 4 aromatic rings. The van der Waals surface area contributed by atoms with Crippen LogP contribution in [0, 0.1) is 0 Å². The maximum absolute atomic E-state index is 12.9. The average molecular weight is 444 g/mol. The smallest absolute Gasteiger partial charge is 0.300 e. The minimum Gasteiger partial charge on any atom is -0.300 e. The Hall–Kier alpha value is -3.53. The van der Waals surface area contributed by atoms with E-state index < -0.39 is 17.6 Å². The van der Waals surface area contributed by atoms with E-state index in [2.05, 4.69) is 15.4 Å². The first-order valence-electron chi connectivity index (χ1n) is 9.15. The molecule has 1 N–H and O–H groups in total. The number of hydrogen-bond acceptors (Lipinski definition) is 5. The number of hydrogen-bond donors (Lipinski definition) is 1. The normalized spacial score (nSPS) is 11.6. The molecule has 0 aliphatic heterocycles. The summed E-state index contributed by atoms with van der Waals surface area (Å²) in [7, 11) is 0. The number of fused-ring (bicyclic) bond motifs is 1. The van der Waals surface area contributed by atoms with Gasteiger partial charge in [-0.15, -0.1) is 11.3 Å². The van der Waals surface area contributed by atoms with Gasteiger partial charge < -0.3 is 5.32 Å². The fourth-order valence-electron chi connectivity index (χ4n) is 3.04. The molecule has 0 spiro atoms. The molecule has 6 nitrogen and oxygen atoms in total. The van der Waals surface area contributed by atoms with Crippen molar-refractivity contribution in [3.63, 3.8) is 0 Å². The molecule has 158 valence electrons. The quantitative estimate of drug-likeness (QED) is 0.503. The van der Waals surface area contributed by atoms with E-state index in [0.717, 1.165) is 28.2 Å². The first-order valence-corrected chi connectivity index (χ1v) is 9.97. The van der Waals surface area contributed by atoms with E-state index in [9.17, 15) is 22.8 Å². The maximum atomic E-state index is 12.9. The van der Waals surface area contributed by atoms with Gasteiger partial charge in [-0.05, 0) is 17.7 Å². The zero-order valence-electron chi connectivity index (χ0n) is 15.9. The predicted octanol–water partition coefficient (Wildman–Crippen LogP) is 4.10. The second kappa shape index (κ2) is 8.31. The van der Waals surface area contributed by atoms with Crippen molar-refractivity contribution >= 4 is 33.1 Å². The van der Waals surface area contributed by atoms with Gasteiger partial charge in [-0.3, -0.25) is 9.59 Å². The van der Waals surface area contributed by atoms with Crippen LogP contribution in [-0.2, 0) is 23.9 Å². The van der Waals surface area contributed by atoms with Crippen molar-refractivity contribution in [1.29, 1.82) is 0 Å². The fourth-order valence-corrected chi connectivity index (χ4v) is 3.90. The lowest BCUT2D eigenvalue weighted by atomic mass is 10.1. The summed E-state index contributed by atoms with van der Waals surface area (Å²) in [5.74, 6) is -0.482. The number of benzene rings is 2. The molecule has 0 atom stereocenters. The van der Waals surface area contributed by atoms with Crippen LogP contribution in [0.15, 0.2) is 65.7 Å². The molecule has 1 amide bonds. The van der Waals surface area contributed by atoms with E-state index in [1.54, 1.807) is 30.3 Å². The SMILES string of the molecule is O=C(Cn1ncc2ccccc2c1=O)Nc1ncc(Cc2cccc(C(F)(F)F)c2)s1. The van der Waals surface area contributed by atoms with E-state index in [1.165, 1.54) is 18.5 Å². The minimum absolute atomic E-state index is 0.253. The topological polar surface area (TPSA) is 76.9 Å². The minimum atomic E-state index is -4.41. The molecule has 0 aliphatic rings. The predicted molar refractivity (Wildman–Crippen MR) is 111 cm³/mol. The Morgan fingerprint density at radius 2 is 1.90 bits per heavy atom. The highest BCUT2D eigenvalue weighted by molar-refractivity contribution is 7.15. The van der Waals surface area contributed by atoms with Crippen molar-refractivity contribution in [3.8, 4) is 0 Å². The van der Waals surface area contributed by atoms with Crippen LogP contribution in [0.1, 0.15) is 16.0 Å². The molecule has 0 aliphatic carbocycles. The molecule has 2 aromatic heterocycles. The summed E-state index contributed by atoms with van der Waals surface area (Å²) in [6.07, 6.45) is -1.14. The first kappa shape index (κ1) is 20.7. The number of thiazole rings is 1. The number of carbonyl (C=O) groups is 1. The van der Waals surface area contributed by atoms with Crippen molar-refractivity contribution in [3.05, 3.63) is 87.3 Å². The Balaban J connectivity index is 1.43. The summed E-state index contributed by atoms with van der Waals surface area (Å²) in [4.78, 5) is 29.6. The Morgan fingerprint density at radius 3 is 2.71 bits per heavy atom. The van der Waals surface area contributed by atoms with Gasteiger partial charge in [0.25, 0.3) is 5.56 Å². The van der Waals surface area contributed by atoms with Crippen LogP contribution in [0.2, 0.25) is 0 Å². The van der Waals surface area contributed by atoms with E-state index in [4.69, 9.17) is 0 Å². The summed E-state index contributed by atoms with van der Waals surface area (Å²) < 4.78 is 39.6. The van der Waals surface area contributed by atoms with E-state index in [0.29, 0.717) is 26.3 Å². The number of nitrogens with one attached hydrogen (secondary N) is 1. The second-order valence-corrected chi connectivity index (χ2v) is 7.86. The molecule has 0 radical (unpaired) electrons. The Bertz CT molecular complexity index is 1310. The fraction of sp³-hybridized carbons (Fsp3) is 0.143. The number of anilines is 1. The van der Waals surface area contributed by atoms with Gasteiger partial charge in [0, 0.05) is 22.9 Å². The molecule has 0 fully saturated rings. The molecular formula is C21H15F3N4O2S. The third-order valence-electron chi connectivity index (χ3n) is 4.49. The van der Waals surface area contributed by atoms with Crippen LogP contribution in [-0.4, -0.2) is 20.7 Å². The van der Waals surface area contributed by atoms with Crippen molar-refractivity contribution < 1.29 is 18.0 Å². The van der Waals surface area contributed by atoms with Crippen LogP contribution >= 0.6 is 11.3 Å². The molecule has 0 unspecified atom stereocenters. The standard InChI is InChI=1S/C21H15F3N4O2S/c22-21(23,24)15-6-3-4-13(8-15)9-16-11-25-20(31-16)27-18(29)12-28-19(30)17-7-2-1-5-14(17)10-26-28/h1-8,10-11H,9,12H2,(H,25,27,29). The third kappa shape index (κ3) is 4.80. The van der Waals surface area contributed by atoms with Crippen LogP contribution in [0.3, 0.4) is 0 Å². The number of halogens is 3. The molecular weight excluding hydrogens is 429 g/mol. The van der Waals surface area contributed by atoms with E-state index in [1.807, 2.05) is 0 Å². The summed E-state index contributed by atoms with van der Waals surface area (Å²) >= 11 is 1.15. The monoisotopic (exact) mass is 444 g/mol. The Labute approximate surface area is 178 Å². The van der Waals surface area contributed by atoms with Crippen molar-refractivity contribution in [2.24, 2.45) is 0 Å². The van der Waals surface area contributed by atoms with Crippen LogP contribution < -0.4 is 10.9 Å². The van der Waals surface area contributed by atoms with Gasteiger partial charge in [0.05, 0.1) is 17.1 Å².